The Bertz CT molecular complexity index is 628. The van der Waals surface area contributed by atoms with Gasteiger partial charge in [0, 0.05) is 10.0 Å². The molecule has 0 unspecified atom stereocenters. The fourth-order valence-electron chi connectivity index (χ4n) is 3.38. The highest BCUT2D eigenvalue weighted by atomic mass is 79.9. The van der Waals surface area contributed by atoms with Crippen molar-refractivity contribution in [2.45, 2.75) is 45.1 Å². The first-order valence-electron chi connectivity index (χ1n) is 7.46. The maximum Gasteiger partial charge on any atom is 0.256 e. The Kier molecular flexibility index (Phi) is 3.60. The number of halogens is 1. The Morgan fingerprint density at radius 3 is 2.67 bits per heavy atom. The van der Waals surface area contributed by atoms with E-state index in [4.69, 9.17) is 0 Å². The summed E-state index contributed by atoms with van der Waals surface area (Å²) in [6.45, 7) is 4.21. The fraction of sp³-hybridized carbons (Fsp3) is 0.471. The summed E-state index contributed by atoms with van der Waals surface area (Å²) in [5.74, 6) is 0.731. The molecule has 1 saturated carbocycles. The van der Waals surface area contributed by atoms with E-state index in [0.717, 1.165) is 41.3 Å². The Labute approximate surface area is 133 Å². The lowest BCUT2D eigenvalue weighted by atomic mass is 9.76. The van der Waals surface area contributed by atoms with E-state index in [0.29, 0.717) is 11.5 Å². The molecule has 0 bridgehead atoms. The zero-order chi connectivity index (χ0) is 15.2. The second-order valence-corrected chi connectivity index (χ2v) is 7.28. The van der Waals surface area contributed by atoms with Crippen molar-refractivity contribution in [2.24, 2.45) is 5.92 Å². The first kappa shape index (κ1) is 14.6. The van der Waals surface area contributed by atoms with Gasteiger partial charge in [0.1, 0.15) is 5.76 Å². The zero-order valence-corrected chi connectivity index (χ0v) is 14.0. The van der Waals surface area contributed by atoms with Gasteiger partial charge in [0.05, 0.1) is 11.1 Å². The first-order chi connectivity index (χ1) is 9.93. The van der Waals surface area contributed by atoms with E-state index in [-0.39, 0.29) is 11.7 Å². The number of carbonyl (C=O) groups is 1. The Balaban J connectivity index is 2.06. The molecule has 0 saturated heterocycles. The van der Waals surface area contributed by atoms with Crippen molar-refractivity contribution in [1.82, 2.24) is 5.32 Å². The quantitative estimate of drug-likeness (QED) is 0.801. The third-order valence-electron chi connectivity index (χ3n) is 4.79. The van der Waals surface area contributed by atoms with Crippen LogP contribution in [0.1, 0.15) is 43.7 Å². The van der Waals surface area contributed by atoms with E-state index in [1.54, 1.807) is 0 Å². The number of benzene rings is 1. The van der Waals surface area contributed by atoms with Gasteiger partial charge >= 0.3 is 0 Å². The number of aryl methyl sites for hydroxylation is 1. The summed E-state index contributed by atoms with van der Waals surface area (Å²) in [6.07, 6.45) is 3.70. The van der Waals surface area contributed by atoms with Crippen molar-refractivity contribution in [1.29, 1.82) is 0 Å². The van der Waals surface area contributed by atoms with Crippen LogP contribution in [0.5, 0.6) is 0 Å². The van der Waals surface area contributed by atoms with Crippen molar-refractivity contribution in [3.05, 3.63) is 39.6 Å². The maximum absolute atomic E-state index is 12.5. The van der Waals surface area contributed by atoms with Crippen molar-refractivity contribution >= 4 is 27.4 Å². The molecule has 1 aliphatic carbocycles. The van der Waals surface area contributed by atoms with E-state index in [2.05, 4.69) is 28.2 Å². The standard InChI is InChI=1S/C17H20BrNO2/c1-10-5-7-17(8-6-10)15(20)14(16(21)19-17)12-9-11(2)3-4-13(12)18/h3-4,9-10,20H,5-8H2,1-2H3,(H,19,21). The van der Waals surface area contributed by atoms with Crippen LogP contribution in [0.3, 0.4) is 0 Å². The number of nitrogens with one attached hydrogen (secondary N) is 1. The molecule has 1 spiro atoms. The summed E-state index contributed by atoms with van der Waals surface area (Å²) >= 11 is 3.49. The summed E-state index contributed by atoms with van der Waals surface area (Å²) in [5, 5.41) is 13.8. The van der Waals surface area contributed by atoms with Crippen LogP contribution in [-0.2, 0) is 4.79 Å². The second-order valence-electron chi connectivity index (χ2n) is 6.43. The van der Waals surface area contributed by atoms with Crippen LogP contribution in [0.25, 0.3) is 5.57 Å². The number of amides is 1. The smallest absolute Gasteiger partial charge is 0.256 e. The molecule has 1 amide bonds. The highest BCUT2D eigenvalue weighted by molar-refractivity contribution is 9.10. The van der Waals surface area contributed by atoms with Crippen molar-refractivity contribution in [3.8, 4) is 0 Å². The lowest BCUT2D eigenvalue weighted by molar-refractivity contribution is -0.116. The number of rotatable bonds is 1. The van der Waals surface area contributed by atoms with E-state index < -0.39 is 5.54 Å². The van der Waals surface area contributed by atoms with Crippen LogP contribution >= 0.6 is 15.9 Å². The van der Waals surface area contributed by atoms with E-state index >= 15 is 0 Å². The average molecular weight is 350 g/mol. The lowest BCUT2D eigenvalue weighted by Gasteiger charge is -2.36. The van der Waals surface area contributed by atoms with Crippen LogP contribution < -0.4 is 5.32 Å². The van der Waals surface area contributed by atoms with Crippen LogP contribution in [0.2, 0.25) is 0 Å². The van der Waals surface area contributed by atoms with Gasteiger partial charge in [0.2, 0.25) is 0 Å². The minimum absolute atomic E-state index is 0.159. The molecule has 3 rings (SSSR count). The number of carbonyl (C=O) groups excluding carboxylic acids is 1. The number of hydrogen-bond acceptors (Lipinski definition) is 2. The molecule has 1 aromatic rings. The molecule has 0 radical (unpaired) electrons. The maximum atomic E-state index is 12.5. The summed E-state index contributed by atoms with van der Waals surface area (Å²) in [6, 6.07) is 5.85. The Morgan fingerprint density at radius 1 is 1.33 bits per heavy atom. The van der Waals surface area contributed by atoms with Gasteiger partial charge < -0.3 is 10.4 Å². The van der Waals surface area contributed by atoms with Gasteiger partial charge in [0.25, 0.3) is 5.91 Å². The minimum Gasteiger partial charge on any atom is -0.509 e. The van der Waals surface area contributed by atoms with Gasteiger partial charge in [-0.15, -0.1) is 0 Å². The molecular weight excluding hydrogens is 330 g/mol. The van der Waals surface area contributed by atoms with E-state index in [1.807, 2.05) is 25.1 Å². The van der Waals surface area contributed by atoms with Crippen LogP contribution in [-0.4, -0.2) is 16.6 Å². The highest BCUT2D eigenvalue weighted by Gasteiger charge is 2.47. The highest BCUT2D eigenvalue weighted by Crippen LogP contribution is 2.43. The van der Waals surface area contributed by atoms with Crippen LogP contribution in [0.4, 0.5) is 0 Å². The third kappa shape index (κ3) is 2.39. The SMILES string of the molecule is Cc1ccc(Br)c(C2=C(O)C3(CCC(C)CC3)NC2=O)c1. The number of aliphatic hydroxyl groups excluding tert-OH is 1. The summed E-state index contributed by atoms with van der Waals surface area (Å²) in [5.41, 5.74) is 1.74. The molecule has 2 aliphatic rings. The molecule has 4 heteroatoms. The van der Waals surface area contributed by atoms with Crippen molar-refractivity contribution < 1.29 is 9.90 Å². The molecular formula is C17H20BrNO2. The van der Waals surface area contributed by atoms with Crippen molar-refractivity contribution in [3.63, 3.8) is 0 Å². The third-order valence-corrected chi connectivity index (χ3v) is 5.48. The number of aliphatic hydroxyl groups is 1. The second kappa shape index (κ2) is 5.16. The molecule has 1 heterocycles. The summed E-state index contributed by atoms with van der Waals surface area (Å²) in [4.78, 5) is 12.5. The molecule has 0 aromatic heterocycles. The van der Waals surface area contributed by atoms with Crippen LogP contribution in [0, 0.1) is 12.8 Å². The fourth-order valence-corrected chi connectivity index (χ4v) is 3.83. The Morgan fingerprint density at radius 2 is 2.00 bits per heavy atom. The van der Waals surface area contributed by atoms with Gasteiger partial charge in [-0.05, 0) is 50.7 Å². The monoisotopic (exact) mass is 349 g/mol. The van der Waals surface area contributed by atoms with Gasteiger partial charge in [-0.25, -0.2) is 0 Å². The molecule has 2 N–H and O–H groups in total. The normalized spacial score (nSPS) is 29.1. The molecule has 0 atom stereocenters. The Hall–Kier alpha value is -1.29. The molecule has 1 aromatic carbocycles. The average Bonchev–Trinajstić information content (AvgIpc) is 2.68. The topological polar surface area (TPSA) is 49.3 Å². The minimum atomic E-state index is -0.540. The predicted molar refractivity (Wildman–Crippen MR) is 86.9 cm³/mol. The van der Waals surface area contributed by atoms with Gasteiger partial charge in [-0.1, -0.05) is 34.5 Å². The van der Waals surface area contributed by atoms with E-state index in [9.17, 15) is 9.90 Å². The van der Waals surface area contributed by atoms with Crippen molar-refractivity contribution in [2.75, 3.05) is 0 Å². The predicted octanol–water partition coefficient (Wildman–Crippen LogP) is 4.11. The summed E-state index contributed by atoms with van der Waals surface area (Å²) < 4.78 is 0.839. The largest absolute Gasteiger partial charge is 0.509 e. The van der Waals surface area contributed by atoms with Gasteiger partial charge in [-0.3, -0.25) is 4.79 Å². The first-order valence-corrected chi connectivity index (χ1v) is 8.25. The lowest BCUT2D eigenvalue weighted by Crippen LogP contribution is -2.47. The zero-order valence-electron chi connectivity index (χ0n) is 12.4. The molecule has 112 valence electrons. The molecule has 1 aliphatic heterocycles. The summed E-state index contributed by atoms with van der Waals surface area (Å²) in [7, 11) is 0. The number of hydrogen-bond donors (Lipinski definition) is 2. The molecule has 21 heavy (non-hydrogen) atoms. The molecule has 3 nitrogen and oxygen atoms in total. The van der Waals surface area contributed by atoms with Crippen LogP contribution in [0.15, 0.2) is 28.4 Å². The van der Waals surface area contributed by atoms with Gasteiger partial charge in [-0.2, -0.15) is 0 Å². The van der Waals surface area contributed by atoms with Gasteiger partial charge in [0.15, 0.2) is 0 Å². The van der Waals surface area contributed by atoms with E-state index in [1.165, 1.54) is 0 Å². The molecule has 1 fully saturated rings.